The van der Waals surface area contributed by atoms with Crippen LogP contribution in [0, 0.1) is 5.92 Å². The Balaban J connectivity index is 1.43. The largest absolute Gasteiger partial charge is 0.489 e. The molecule has 3 aromatic heterocycles. The third-order valence-corrected chi connectivity index (χ3v) is 5.53. The molecular formula is C25H23N5O2. The molecule has 5 rings (SSSR count). The highest BCUT2D eigenvalue weighted by Gasteiger charge is 2.29. The third kappa shape index (κ3) is 4.23. The van der Waals surface area contributed by atoms with Gasteiger partial charge >= 0.3 is 0 Å². The molecule has 1 aliphatic rings. The summed E-state index contributed by atoms with van der Waals surface area (Å²) in [5.41, 5.74) is 3.03. The molecule has 4 aromatic rings. The number of nitrogens with one attached hydrogen (secondary N) is 2. The van der Waals surface area contributed by atoms with Crippen molar-refractivity contribution in [2.45, 2.75) is 19.4 Å². The molecule has 1 aliphatic carbocycles. The van der Waals surface area contributed by atoms with Gasteiger partial charge in [-0.1, -0.05) is 12.1 Å². The fourth-order valence-electron chi connectivity index (χ4n) is 3.58. The lowest BCUT2D eigenvalue weighted by molar-refractivity contribution is -0.117. The predicted octanol–water partition coefficient (Wildman–Crippen LogP) is 4.66. The van der Waals surface area contributed by atoms with Gasteiger partial charge in [0.2, 0.25) is 5.91 Å². The van der Waals surface area contributed by atoms with Crippen molar-refractivity contribution in [3.63, 3.8) is 0 Å². The molecule has 7 nitrogen and oxygen atoms in total. The van der Waals surface area contributed by atoms with Gasteiger partial charge in [-0.05, 0) is 59.7 Å². The topological polar surface area (TPSA) is 89.0 Å². The Hall–Kier alpha value is -4.00. The molecular weight excluding hydrogens is 402 g/mol. The molecule has 0 bridgehead atoms. The van der Waals surface area contributed by atoms with Crippen LogP contribution in [0.1, 0.15) is 18.4 Å². The van der Waals surface area contributed by atoms with Gasteiger partial charge in [-0.2, -0.15) is 0 Å². The Labute approximate surface area is 185 Å². The highest BCUT2D eigenvalue weighted by Crippen LogP contribution is 2.34. The summed E-state index contributed by atoms with van der Waals surface area (Å²) in [6.07, 6.45) is 9.01. The number of hydrogen-bond acceptors (Lipinski definition) is 6. The molecule has 0 radical (unpaired) electrons. The zero-order chi connectivity index (χ0) is 21.9. The normalized spacial score (nSPS) is 13.0. The molecule has 0 unspecified atom stereocenters. The highest BCUT2D eigenvalue weighted by molar-refractivity contribution is 6.03. The second-order valence-corrected chi connectivity index (χ2v) is 7.82. The number of fused-ring (bicyclic) bond motifs is 1. The molecule has 1 amide bonds. The molecule has 0 atom stereocenters. The molecule has 0 saturated heterocycles. The third-order valence-electron chi connectivity index (χ3n) is 5.53. The number of ether oxygens (including phenoxy) is 1. The second kappa shape index (κ2) is 8.63. The lowest BCUT2D eigenvalue weighted by Crippen LogP contribution is -2.14. The smallest absolute Gasteiger partial charge is 0.228 e. The number of pyridine rings is 3. The average Bonchev–Trinajstić information content (AvgIpc) is 3.69. The summed E-state index contributed by atoms with van der Waals surface area (Å²) in [5.74, 6) is 2.25. The fourth-order valence-corrected chi connectivity index (χ4v) is 3.58. The van der Waals surface area contributed by atoms with E-state index in [4.69, 9.17) is 4.74 Å². The molecule has 1 saturated carbocycles. The standard InChI is InChI=1S/C25H23N5O2/c1-26-24-22-14-28-23(30-25(31)18-2-3-18)12-20(22)21(13-29-24)17-4-6-19(7-5-17)32-15-16-8-10-27-11-9-16/h4-14,18H,2-3,15H2,1H3,(H,26,29)(H,28,30,31). The molecule has 3 heterocycles. The average molecular weight is 425 g/mol. The van der Waals surface area contributed by atoms with Gasteiger partial charge < -0.3 is 15.4 Å². The Bertz CT molecular complexity index is 1250. The van der Waals surface area contributed by atoms with Crippen LogP contribution >= 0.6 is 0 Å². The number of rotatable bonds is 7. The van der Waals surface area contributed by atoms with Crippen molar-refractivity contribution in [2.75, 3.05) is 17.7 Å². The van der Waals surface area contributed by atoms with Gasteiger partial charge in [0.25, 0.3) is 0 Å². The van der Waals surface area contributed by atoms with Crippen molar-refractivity contribution in [1.29, 1.82) is 0 Å². The number of carbonyl (C=O) groups is 1. The van der Waals surface area contributed by atoms with Crippen LogP contribution in [-0.4, -0.2) is 27.9 Å². The first-order chi connectivity index (χ1) is 15.7. The zero-order valence-electron chi connectivity index (χ0n) is 17.7. The van der Waals surface area contributed by atoms with E-state index < -0.39 is 0 Å². The van der Waals surface area contributed by atoms with E-state index in [2.05, 4.69) is 25.6 Å². The van der Waals surface area contributed by atoms with Gasteiger partial charge in [0, 0.05) is 48.7 Å². The van der Waals surface area contributed by atoms with Crippen molar-refractivity contribution in [3.8, 4) is 16.9 Å². The number of amides is 1. The summed E-state index contributed by atoms with van der Waals surface area (Å²) < 4.78 is 5.89. The fraction of sp³-hybridized carbons (Fsp3) is 0.200. The van der Waals surface area contributed by atoms with Gasteiger partial charge in [-0.25, -0.2) is 9.97 Å². The summed E-state index contributed by atoms with van der Waals surface area (Å²) in [5, 5.41) is 7.92. The number of carbonyl (C=O) groups excluding carboxylic acids is 1. The lowest BCUT2D eigenvalue weighted by Gasteiger charge is -2.13. The summed E-state index contributed by atoms with van der Waals surface area (Å²) in [7, 11) is 1.83. The van der Waals surface area contributed by atoms with Crippen LogP contribution in [0.15, 0.2) is 67.3 Å². The van der Waals surface area contributed by atoms with Crippen LogP contribution in [0.25, 0.3) is 21.9 Å². The Morgan fingerprint density at radius 3 is 2.53 bits per heavy atom. The molecule has 160 valence electrons. The van der Waals surface area contributed by atoms with E-state index in [0.717, 1.165) is 51.9 Å². The molecule has 1 aromatic carbocycles. The lowest BCUT2D eigenvalue weighted by atomic mass is 10.0. The van der Waals surface area contributed by atoms with Crippen LogP contribution in [0.4, 0.5) is 11.6 Å². The van der Waals surface area contributed by atoms with Crippen LogP contribution in [0.3, 0.4) is 0 Å². The number of hydrogen-bond donors (Lipinski definition) is 2. The minimum atomic E-state index is 0.0389. The van der Waals surface area contributed by atoms with Gasteiger partial charge in [-0.15, -0.1) is 0 Å². The summed E-state index contributed by atoms with van der Waals surface area (Å²) >= 11 is 0. The first-order valence-electron chi connectivity index (χ1n) is 10.6. The number of nitrogens with zero attached hydrogens (tertiary/aromatic N) is 3. The van der Waals surface area contributed by atoms with Gasteiger partial charge in [-0.3, -0.25) is 9.78 Å². The second-order valence-electron chi connectivity index (χ2n) is 7.82. The maximum absolute atomic E-state index is 12.2. The molecule has 0 aliphatic heterocycles. The first-order valence-corrected chi connectivity index (χ1v) is 10.6. The Kier molecular flexibility index (Phi) is 5.37. The summed E-state index contributed by atoms with van der Waals surface area (Å²) in [6.45, 7) is 0.485. The van der Waals surface area contributed by atoms with E-state index in [9.17, 15) is 4.79 Å². The predicted molar refractivity (Wildman–Crippen MR) is 124 cm³/mol. The molecule has 1 fully saturated rings. The summed E-state index contributed by atoms with van der Waals surface area (Å²) in [4.78, 5) is 25.2. The van der Waals surface area contributed by atoms with Crippen LogP contribution < -0.4 is 15.4 Å². The first kappa shape index (κ1) is 19.9. The maximum atomic E-state index is 12.2. The summed E-state index contributed by atoms with van der Waals surface area (Å²) in [6, 6.07) is 13.7. The van der Waals surface area contributed by atoms with E-state index >= 15 is 0 Å². The molecule has 0 spiro atoms. The van der Waals surface area contributed by atoms with Crippen molar-refractivity contribution in [3.05, 3.63) is 72.8 Å². The zero-order valence-corrected chi connectivity index (χ0v) is 17.7. The van der Waals surface area contributed by atoms with Gasteiger partial charge in [0.05, 0.1) is 0 Å². The maximum Gasteiger partial charge on any atom is 0.228 e. The van der Waals surface area contributed by atoms with E-state index in [1.54, 1.807) is 18.6 Å². The van der Waals surface area contributed by atoms with Crippen LogP contribution in [-0.2, 0) is 11.4 Å². The molecule has 2 N–H and O–H groups in total. The van der Waals surface area contributed by atoms with Gasteiger partial charge in [0.1, 0.15) is 24.0 Å². The van der Waals surface area contributed by atoms with E-state index in [0.29, 0.717) is 12.4 Å². The number of aromatic nitrogens is 3. The quantitative estimate of drug-likeness (QED) is 0.448. The van der Waals surface area contributed by atoms with Crippen molar-refractivity contribution in [1.82, 2.24) is 15.0 Å². The SMILES string of the molecule is CNc1ncc(-c2ccc(OCc3ccncc3)cc2)c2cc(NC(=O)C3CC3)ncc12. The monoisotopic (exact) mass is 425 g/mol. The minimum Gasteiger partial charge on any atom is -0.489 e. The Morgan fingerprint density at radius 1 is 1.03 bits per heavy atom. The highest BCUT2D eigenvalue weighted by atomic mass is 16.5. The van der Waals surface area contributed by atoms with Crippen molar-refractivity contribution < 1.29 is 9.53 Å². The Morgan fingerprint density at radius 2 is 1.81 bits per heavy atom. The van der Waals surface area contributed by atoms with E-state index in [1.807, 2.05) is 55.7 Å². The van der Waals surface area contributed by atoms with E-state index in [-0.39, 0.29) is 11.8 Å². The minimum absolute atomic E-state index is 0.0389. The van der Waals surface area contributed by atoms with Gasteiger partial charge in [0.15, 0.2) is 0 Å². The van der Waals surface area contributed by atoms with Crippen molar-refractivity contribution in [2.24, 2.45) is 5.92 Å². The van der Waals surface area contributed by atoms with E-state index in [1.165, 1.54) is 0 Å². The van der Waals surface area contributed by atoms with Crippen LogP contribution in [0.2, 0.25) is 0 Å². The number of benzene rings is 1. The molecule has 32 heavy (non-hydrogen) atoms. The van der Waals surface area contributed by atoms with Crippen LogP contribution in [0.5, 0.6) is 5.75 Å². The number of anilines is 2. The van der Waals surface area contributed by atoms with Crippen molar-refractivity contribution >= 4 is 28.3 Å². The molecule has 7 heteroatoms.